The number of hydrogen-bond donors (Lipinski definition) is 0. The first-order valence-electron chi connectivity index (χ1n) is 9.45. The Morgan fingerprint density at radius 1 is 1.07 bits per heavy atom. The minimum absolute atomic E-state index is 0.00237. The molecule has 1 fully saturated rings. The Bertz CT molecular complexity index is 1050. The lowest BCUT2D eigenvalue weighted by molar-refractivity contribution is -0.126. The van der Waals surface area contributed by atoms with Crippen LogP contribution < -0.4 is 4.90 Å². The molecule has 144 valence electrons. The van der Waals surface area contributed by atoms with Crippen molar-refractivity contribution in [1.29, 1.82) is 0 Å². The van der Waals surface area contributed by atoms with Gasteiger partial charge in [0, 0.05) is 44.1 Å². The van der Waals surface area contributed by atoms with Crippen molar-refractivity contribution in [1.82, 2.24) is 14.3 Å². The summed E-state index contributed by atoms with van der Waals surface area (Å²) in [5.41, 5.74) is 5.36. The molecule has 0 atom stereocenters. The van der Waals surface area contributed by atoms with E-state index in [2.05, 4.69) is 41.9 Å². The second-order valence-corrected chi connectivity index (χ2v) is 7.44. The molecule has 0 N–H and O–H groups in total. The second kappa shape index (κ2) is 7.68. The first-order chi connectivity index (χ1) is 13.5. The highest BCUT2D eigenvalue weighted by Crippen LogP contribution is 2.24. The summed E-state index contributed by atoms with van der Waals surface area (Å²) >= 11 is 6.24. The highest BCUT2D eigenvalue weighted by molar-refractivity contribution is 6.31. The van der Waals surface area contributed by atoms with E-state index in [0.717, 1.165) is 24.4 Å². The highest BCUT2D eigenvalue weighted by Gasteiger charge is 2.21. The Morgan fingerprint density at radius 2 is 1.86 bits per heavy atom. The summed E-state index contributed by atoms with van der Waals surface area (Å²) in [5, 5.41) is 0.398. The van der Waals surface area contributed by atoms with Crippen molar-refractivity contribution in [3.8, 4) is 0 Å². The number of aryl methyl sites for hydroxylation is 1. The van der Waals surface area contributed by atoms with Gasteiger partial charge in [0.1, 0.15) is 5.65 Å². The van der Waals surface area contributed by atoms with E-state index in [9.17, 15) is 4.79 Å². The Morgan fingerprint density at radius 3 is 2.64 bits per heavy atom. The van der Waals surface area contributed by atoms with Crippen molar-refractivity contribution >= 4 is 34.9 Å². The smallest absolute Gasteiger partial charge is 0.246 e. The molecular formula is C22H23ClN4O. The van der Waals surface area contributed by atoms with Gasteiger partial charge in [-0.15, -0.1) is 0 Å². The van der Waals surface area contributed by atoms with Crippen LogP contribution in [0.1, 0.15) is 16.8 Å². The Labute approximate surface area is 169 Å². The van der Waals surface area contributed by atoms with Gasteiger partial charge in [-0.1, -0.05) is 29.8 Å². The fourth-order valence-electron chi connectivity index (χ4n) is 3.64. The molecule has 0 saturated carbocycles. The van der Waals surface area contributed by atoms with E-state index in [-0.39, 0.29) is 5.91 Å². The van der Waals surface area contributed by atoms with E-state index in [0.29, 0.717) is 18.2 Å². The van der Waals surface area contributed by atoms with Gasteiger partial charge in [0.2, 0.25) is 5.91 Å². The first-order valence-corrected chi connectivity index (χ1v) is 9.83. The molecule has 3 aromatic rings. The third kappa shape index (κ3) is 3.50. The van der Waals surface area contributed by atoms with Gasteiger partial charge < -0.3 is 9.80 Å². The minimum Gasteiger partial charge on any atom is -0.368 e. The number of carbonyl (C=O) groups is 1. The van der Waals surface area contributed by atoms with Crippen LogP contribution in [0.4, 0.5) is 5.69 Å². The Balaban J connectivity index is 1.43. The van der Waals surface area contributed by atoms with Crippen LogP contribution in [0.2, 0.25) is 5.15 Å². The summed E-state index contributed by atoms with van der Waals surface area (Å²) in [6.07, 6.45) is 5.24. The van der Waals surface area contributed by atoms with E-state index in [1.807, 2.05) is 33.7 Å². The van der Waals surface area contributed by atoms with Crippen molar-refractivity contribution in [3.05, 3.63) is 70.6 Å². The molecule has 0 bridgehead atoms. The largest absolute Gasteiger partial charge is 0.368 e. The Kier molecular flexibility index (Phi) is 5.09. The number of hydrogen-bond acceptors (Lipinski definition) is 3. The van der Waals surface area contributed by atoms with Crippen molar-refractivity contribution < 1.29 is 4.79 Å². The molecule has 5 nitrogen and oxygen atoms in total. The van der Waals surface area contributed by atoms with E-state index in [1.165, 1.54) is 16.8 Å². The van der Waals surface area contributed by atoms with Gasteiger partial charge in [-0.2, -0.15) is 0 Å². The molecule has 1 aliphatic heterocycles. The van der Waals surface area contributed by atoms with Crippen molar-refractivity contribution in [3.63, 3.8) is 0 Å². The van der Waals surface area contributed by atoms with Gasteiger partial charge in [0.05, 0.1) is 5.69 Å². The summed E-state index contributed by atoms with van der Waals surface area (Å²) < 4.78 is 1.88. The molecule has 0 aliphatic carbocycles. The summed E-state index contributed by atoms with van der Waals surface area (Å²) in [4.78, 5) is 21.2. The molecule has 3 heterocycles. The number of anilines is 1. The maximum atomic E-state index is 12.7. The third-order valence-electron chi connectivity index (χ3n) is 5.41. The van der Waals surface area contributed by atoms with Crippen molar-refractivity contribution in [2.24, 2.45) is 0 Å². The van der Waals surface area contributed by atoms with Crippen molar-refractivity contribution in [2.45, 2.75) is 13.8 Å². The summed E-state index contributed by atoms with van der Waals surface area (Å²) in [6, 6.07) is 12.1. The fourth-order valence-corrected chi connectivity index (χ4v) is 3.88. The predicted octanol–water partition coefficient (Wildman–Crippen LogP) is 3.97. The number of halogens is 1. The molecule has 4 rings (SSSR count). The molecule has 1 saturated heterocycles. The summed E-state index contributed by atoms with van der Waals surface area (Å²) in [5.74, 6) is 0.00237. The number of pyridine rings is 1. The lowest BCUT2D eigenvalue weighted by Crippen LogP contribution is -2.48. The van der Waals surface area contributed by atoms with E-state index in [1.54, 1.807) is 12.2 Å². The maximum absolute atomic E-state index is 12.7. The van der Waals surface area contributed by atoms with Crippen LogP contribution in [-0.4, -0.2) is 46.4 Å². The van der Waals surface area contributed by atoms with Crippen LogP contribution >= 0.6 is 11.6 Å². The molecule has 6 heteroatoms. The van der Waals surface area contributed by atoms with Crippen LogP contribution in [0.3, 0.4) is 0 Å². The van der Waals surface area contributed by atoms with E-state index < -0.39 is 0 Å². The molecule has 1 aliphatic rings. The number of fused-ring (bicyclic) bond motifs is 1. The lowest BCUT2D eigenvalue weighted by atomic mass is 10.1. The normalized spacial score (nSPS) is 15.0. The fraction of sp³-hybridized carbons (Fsp3) is 0.273. The van der Waals surface area contributed by atoms with Gasteiger partial charge >= 0.3 is 0 Å². The molecule has 0 radical (unpaired) electrons. The Hall–Kier alpha value is -2.79. The number of benzene rings is 1. The number of nitrogens with zero attached hydrogens (tertiary/aromatic N) is 4. The molecule has 0 unspecified atom stereocenters. The zero-order valence-corrected chi connectivity index (χ0v) is 16.9. The number of carbonyl (C=O) groups excluding carboxylic acids is 1. The average Bonchev–Trinajstić information content (AvgIpc) is 3.03. The zero-order chi connectivity index (χ0) is 19.7. The maximum Gasteiger partial charge on any atom is 0.246 e. The molecular weight excluding hydrogens is 372 g/mol. The SMILES string of the molecule is Cc1cccc(N2CCN(C(=O)/C=C/c3c(Cl)nc4ccccn34)CC2)c1C. The van der Waals surface area contributed by atoms with E-state index in [4.69, 9.17) is 11.6 Å². The number of aromatic nitrogens is 2. The third-order valence-corrected chi connectivity index (χ3v) is 5.69. The van der Waals surface area contributed by atoms with E-state index >= 15 is 0 Å². The van der Waals surface area contributed by atoms with Crippen LogP contribution in [-0.2, 0) is 4.79 Å². The van der Waals surface area contributed by atoms with Gasteiger partial charge in [-0.25, -0.2) is 4.98 Å². The van der Waals surface area contributed by atoms with Gasteiger partial charge in [0.15, 0.2) is 5.15 Å². The molecule has 1 amide bonds. The number of amides is 1. The molecule has 2 aromatic heterocycles. The standard InChI is InChI=1S/C22H23ClN4O/c1-16-6-5-7-18(17(16)2)25-12-14-26(15-13-25)21(28)10-9-19-22(23)24-20-8-3-4-11-27(19)20/h3-11H,12-15H2,1-2H3/b10-9+. The summed E-state index contributed by atoms with van der Waals surface area (Å²) in [6.45, 7) is 7.37. The van der Waals surface area contributed by atoms with Crippen LogP contribution in [0.25, 0.3) is 11.7 Å². The van der Waals surface area contributed by atoms with Crippen LogP contribution in [0, 0.1) is 13.8 Å². The number of rotatable bonds is 3. The van der Waals surface area contributed by atoms with Crippen LogP contribution in [0.5, 0.6) is 0 Å². The predicted molar refractivity (Wildman–Crippen MR) is 114 cm³/mol. The topological polar surface area (TPSA) is 40.8 Å². The lowest BCUT2D eigenvalue weighted by Gasteiger charge is -2.36. The molecule has 1 aromatic carbocycles. The summed E-state index contributed by atoms with van der Waals surface area (Å²) in [7, 11) is 0. The number of piperazine rings is 1. The highest BCUT2D eigenvalue weighted by atomic mass is 35.5. The van der Waals surface area contributed by atoms with Gasteiger partial charge in [-0.3, -0.25) is 9.20 Å². The molecule has 28 heavy (non-hydrogen) atoms. The molecule has 0 spiro atoms. The van der Waals surface area contributed by atoms with Gasteiger partial charge in [-0.05, 0) is 49.2 Å². The minimum atomic E-state index is 0.00237. The zero-order valence-electron chi connectivity index (χ0n) is 16.1. The average molecular weight is 395 g/mol. The quantitative estimate of drug-likeness (QED) is 0.631. The number of imidazole rings is 1. The van der Waals surface area contributed by atoms with Crippen molar-refractivity contribution in [2.75, 3.05) is 31.1 Å². The monoisotopic (exact) mass is 394 g/mol. The van der Waals surface area contributed by atoms with Crippen LogP contribution in [0.15, 0.2) is 48.7 Å². The second-order valence-electron chi connectivity index (χ2n) is 7.08. The van der Waals surface area contributed by atoms with Gasteiger partial charge in [0.25, 0.3) is 0 Å². The first kappa shape index (κ1) is 18.6.